The summed E-state index contributed by atoms with van der Waals surface area (Å²) in [4.78, 5) is 0. The second kappa shape index (κ2) is 5.20. The van der Waals surface area contributed by atoms with Crippen LogP contribution in [0.3, 0.4) is 0 Å². The number of thioether (sulfide) groups is 1. The number of nitrogens with zero attached hydrogens (tertiary/aromatic N) is 1. The van der Waals surface area contributed by atoms with Crippen molar-refractivity contribution >= 4 is 21.8 Å². The summed E-state index contributed by atoms with van der Waals surface area (Å²) in [6.45, 7) is 0.953. The Morgan fingerprint density at radius 2 is 2.28 bits per heavy atom. The molecule has 18 heavy (non-hydrogen) atoms. The minimum atomic E-state index is -3.49. The van der Waals surface area contributed by atoms with Gasteiger partial charge in [0.05, 0.1) is 6.20 Å². The van der Waals surface area contributed by atoms with Gasteiger partial charge in [0.1, 0.15) is 0 Å². The van der Waals surface area contributed by atoms with Gasteiger partial charge < -0.3 is 5.32 Å². The Bertz CT molecular complexity index is 508. The third-order valence-corrected chi connectivity index (χ3v) is 5.97. The molecule has 1 aromatic rings. The SMILES string of the molecule is CNCc1cn[nH]c1S(=O)(=O)NCC1(SC)CC1. The van der Waals surface area contributed by atoms with E-state index in [1.54, 1.807) is 18.8 Å². The van der Waals surface area contributed by atoms with Gasteiger partial charge in [0.15, 0.2) is 5.03 Å². The van der Waals surface area contributed by atoms with Crippen molar-refractivity contribution in [3.63, 3.8) is 0 Å². The number of aromatic nitrogens is 2. The summed E-state index contributed by atoms with van der Waals surface area (Å²) in [5.41, 5.74) is 0.652. The monoisotopic (exact) mass is 290 g/mol. The van der Waals surface area contributed by atoms with E-state index in [0.29, 0.717) is 18.7 Å². The highest BCUT2D eigenvalue weighted by atomic mass is 32.2. The average molecular weight is 290 g/mol. The van der Waals surface area contributed by atoms with Gasteiger partial charge in [-0.1, -0.05) is 0 Å². The van der Waals surface area contributed by atoms with Crippen LogP contribution in [0, 0.1) is 0 Å². The maximum atomic E-state index is 12.2. The molecule has 1 aliphatic rings. The van der Waals surface area contributed by atoms with Crippen LogP contribution in [-0.2, 0) is 16.6 Å². The van der Waals surface area contributed by atoms with Crippen molar-refractivity contribution in [3.8, 4) is 0 Å². The first-order valence-electron chi connectivity index (χ1n) is 5.75. The predicted molar refractivity (Wildman–Crippen MR) is 72.0 cm³/mol. The van der Waals surface area contributed by atoms with Crippen LogP contribution in [-0.4, -0.2) is 43.2 Å². The fourth-order valence-electron chi connectivity index (χ4n) is 1.74. The molecule has 0 aromatic carbocycles. The Balaban J connectivity index is 2.08. The largest absolute Gasteiger partial charge is 0.316 e. The summed E-state index contributed by atoms with van der Waals surface area (Å²) in [6.07, 6.45) is 5.70. The molecule has 6 nitrogen and oxygen atoms in total. The molecular formula is C10H18N4O2S2. The summed E-state index contributed by atoms with van der Waals surface area (Å²) in [5, 5.41) is 9.44. The van der Waals surface area contributed by atoms with Gasteiger partial charge in [-0.3, -0.25) is 5.10 Å². The summed E-state index contributed by atoms with van der Waals surface area (Å²) < 4.78 is 27.1. The van der Waals surface area contributed by atoms with Crippen LogP contribution in [0.2, 0.25) is 0 Å². The first-order valence-corrected chi connectivity index (χ1v) is 8.45. The second-order valence-corrected chi connectivity index (χ2v) is 7.44. The molecular weight excluding hydrogens is 272 g/mol. The Labute approximate surface area is 111 Å². The highest BCUT2D eigenvalue weighted by Crippen LogP contribution is 2.46. The minimum Gasteiger partial charge on any atom is -0.316 e. The van der Waals surface area contributed by atoms with E-state index in [1.807, 2.05) is 6.26 Å². The van der Waals surface area contributed by atoms with E-state index >= 15 is 0 Å². The number of nitrogens with one attached hydrogen (secondary N) is 3. The molecule has 0 amide bonds. The van der Waals surface area contributed by atoms with Crippen LogP contribution in [0.15, 0.2) is 11.2 Å². The lowest BCUT2D eigenvalue weighted by Crippen LogP contribution is -2.32. The van der Waals surface area contributed by atoms with Gasteiger partial charge in [-0.05, 0) is 26.1 Å². The van der Waals surface area contributed by atoms with Gasteiger partial charge in [-0.2, -0.15) is 16.9 Å². The lowest BCUT2D eigenvalue weighted by molar-refractivity contribution is 0.573. The normalized spacial score (nSPS) is 17.9. The lowest BCUT2D eigenvalue weighted by atomic mass is 10.4. The molecule has 0 aliphatic heterocycles. The number of hydrogen-bond acceptors (Lipinski definition) is 5. The van der Waals surface area contributed by atoms with Gasteiger partial charge in [0.2, 0.25) is 0 Å². The average Bonchev–Trinajstić information content (AvgIpc) is 2.98. The zero-order valence-corrected chi connectivity index (χ0v) is 12.1. The first kappa shape index (κ1) is 13.9. The molecule has 0 atom stereocenters. The topological polar surface area (TPSA) is 86.9 Å². The van der Waals surface area contributed by atoms with Crippen LogP contribution in [0.4, 0.5) is 0 Å². The van der Waals surface area contributed by atoms with Crippen molar-refractivity contribution in [2.24, 2.45) is 0 Å². The molecule has 1 saturated carbocycles. The third kappa shape index (κ3) is 2.87. The van der Waals surface area contributed by atoms with Crippen LogP contribution in [0.1, 0.15) is 18.4 Å². The van der Waals surface area contributed by atoms with Gasteiger partial charge in [0.25, 0.3) is 10.0 Å². The molecule has 1 heterocycles. The summed E-state index contributed by atoms with van der Waals surface area (Å²) in [7, 11) is -1.73. The van der Waals surface area contributed by atoms with Crippen LogP contribution < -0.4 is 10.0 Å². The van der Waals surface area contributed by atoms with Crippen molar-refractivity contribution in [3.05, 3.63) is 11.8 Å². The molecule has 8 heteroatoms. The minimum absolute atomic E-state index is 0.107. The Hall–Kier alpha value is -0.570. The molecule has 0 saturated heterocycles. The second-order valence-electron chi connectivity index (χ2n) is 4.47. The predicted octanol–water partition coefficient (Wildman–Crippen LogP) is 0.303. The zero-order valence-electron chi connectivity index (χ0n) is 10.5. The van der Waals surface area contributed by atoms with E-state index in [9.17, 15) is 8.42 Å². The molecule has 1 aromatic heterocycles. The van der Waals surface area contributed by atoms with Crippen LogP contribution in [0.25, 0.3) is 0 Å². The molecule has 0 bridgehead atoms. The zero-order chi connectivity index (χ0) is 13.2. The Morgan fingerprint density at radius 1 is 1.56 bits per heavy atom. The van der Waals surface area contributed by atoms with Crippen molar-refractivity contribution in [1.82, 2.24) is 20.2 Å². The van der Waals surface area contributed by atoms with E-state index in [1.165, 1.54) is 6.20 Å². The van der Waals surface area contributed by atoms with Crippen molar-refractivity contribution in [2.75, 3.05) is 19.8 Å². The van der Waals surface area contributed by atoms with Gasteiger partial charge >= 0.3 is 0 Å². The molecule has 0 spiro atoms. The van der Waals surface area contributed by atoms with Crippen molar-refractivity contribution in [1.29, 1.82) is 0 Å². The molecule has 1 aliphatic carbocycles. The number of hydrogen-bond donors (Lipinski definition) is 3. The van der Waals surface area contributed by atoms with E-state index < -0.39 is 10.0 Å². The van der Waals surface area contributed by atoms with Gasteiger partial charge in [-0.25, -0.2) is 13.1 Å². The van der Waals surface area contributed by atoms with E-state index in [2.05, 4.69) is 20.2 Å². The van der Waals surface area contributed by atoms with E-state index in [0.717, 1.165) is 12.8 Å². The smallest absolute Gasteiger partial charge is 0.257 e. The third-order valence-electron chi connectivity index (χ3n) is 3.14. The Kier molecular flexibility index (Phi) is 4.00. The van der Waals surface area contributed by atoms with Crippen LogP contribution in [0.5, 0.6) is 0 Å². The quantitative estimate of drug-likeness (QED) is 0.672. The van der Waals surface area contributed by atoms with E-state index in [-0.39, 0.29) is 9.77 Å². The van der Waals surface area contributed by atoms with Gasteiger partial charge in [-0.15, -0.1) is 0 Å². The highest BCUT2D eigenvalue weighted by Gasteiger charge is 2.42. The summed E-state index contributed by atoms with van der Waals surface area (Å²) in [6, 6.07) is 0. The van der Waals surface area contributed by atoms with E-state index in [4.69, 9.17) is 0 Å². The number of aromatic amines is 1. The fraction of sp³-hybridized carbons (Fsp3) is 0.700. The molecule has 3 N–H and O–H groups in total. The molecule has 0 unspecified atom stereocenters. The maximum absolute atomic E-state index is 12.2. The number of rotatable bonds is 7. The number of H-pyrrole nitrogens is 1. The summed E-state index contributed by atoms with van der Waals surface area (Å²) in [5.74, 6) is 0. The van der Waals surface area contributed by atoms with Gasteiger partial charge in [0, 0.05) is 23.4 Å². The summed E-state index contributed by atoms with van der Waals surface area (Å²) >= 11 is 1.73. The Morgan fingerprint density at radius 3 is 2.83 bits per heavy atom. The standard InChI is InChI=1S/C10H18N4O2S2/c1-11-5-8-6-12-14-9(8)18(15,16)13-7-10(17-2)3-4-10/h6,11,13H,3-5,7H2,1-2H3,(H,12,14). The molecule has 102 valence electrons. The highest BCUT2D eigenvalue weighted by molar-refractivity contribution is 8.00. The lowest BCUT2D eigenvalue weighted by Gasteiger charge is -2.13. The van der Waals surface area contributed by atoms with Crippen molar-refractivity contribution < 1.29 is 8.42 Å². The molecule has 1 fully saturated rings. The van der Waals surface area contributed by atoms with Crippen LogP contribution >= 0.6 is 11.8 Å². The molecule has 0 radical (unpaired) electrons. The first-order chi connectivity index (χ1) is 8.53. The molecule has 2 rings (SSSR count). The fourth-order valence-corrected chi connectivity index (χ4v) is 3.81. The maximum Gasteiger partial charge on any atom is 0.257 e. The number of sulfonamides is 1. The van der Waals surface area contributed by atoms with Crippen molar-refractivity contribution in [2.45, 2.75) is 29.2 Å².